The van der Waals surface area contributed by atoms with Gasteiger partial charge in [-0.15, -0.1) is 0 Å². The van der Waals surface area contributed by atoms with Gasteiger partial charge in [-0.25, -0.2) is 0 Å². The minimum atomic E-state index is 0.343. The van der Waals surface area contributed by atoms with E-state index >= 15 is 0 Å². The fourth-order valence-electron chi connectivity index (χ4n) is 1.26. The van der Waals surface area contributed by atoms with E-state index in [1.165, 1.54) is 31.7 Å². The van der Waals surface area contributed by atoms with Gasteiger partial charge in [-0.2, -0.15) is 11.8 Å². The van der Waals surface area contributed by atoms with Gasteiger partial charge in [0.25, 0.3) is 0 Å². The average Bonchev–Trinajstić information content (AvgIpc) is 2.13. The van der Waals surface area contributed by atoms with Crippen molar-refractivity contribution in [2.45, 2.75) is 25.7 Å². The van der Waals surface area contributed by atoms with E-state index < -0.39 is 0 Å². The van der Waals surface area contributed by atoms with Crippen molar-refractivity contribution in [2.75, 3.05) is 38.8 Å². The van der Waals surface area contributed by atoms with Gasteiger partial charge < -0.3 is 10.0 Å². The standard InChI is InChI=1S/C10H23NOS/c1-11(8-6-10-13-2)7-4-3-5-9-12/h12H,3-10H2,1-2H3. The lowest BCUT2D eigenvalue weighted by Crippen LogP contribution is -2.21. The van der Waals surface area contributed by atoms with E-state index in [2.05, 4.69) is 18.2 Å². The maximum Gasteiger partial charge on any atom is 0.0431 e. The van der Waals surface area contributed by atoms with E-state index in [-0.39, 0.29) is 0 Å². The normalized spacial score (nSPS) is 11.1. The van der Waals surface area contributed by atoms with Crippen LogP contribution in [0.1, 0.15) is 25.7 Å². The quantitative estimate of drug-likeness (QED) is 0.581. The Morgan fingerprint density at radius 1 is 1.08 bits per heavy atom. The summed E-state index contributed by atoms with van der Waals surface area (Å²) in [6, 6.07) is 0. The van der Waals surface area contributed by atoms with Crippen molar-refractivity contribution in [3.63, 3.8) is 0 Å². The van der Waals surface area contributed by atoms with E-state index in [0.29, 0.717) is 6.61 Å². The molecule has 0 saturated carbocycles. The third-order valence-electron chi connectivity index (χ3n) is 2.09. The predicted molar refractivity (Wildman–Crippen MR) is 61.4 cm³/mol. The van der Waals surface area contributed by atoms with Crippen molar-refractivity contribution in [1.82, 2.24) is 4.90 Å². The number of hydrogen-bond donors (Lipinski definition) is 1. The smallest absolute Gasteiger partial charge is 0.0431 e. The molecule has 0 radical (unpaired) electrons. The highest BCUT2D eigenvalue weighted by Gasteiger charge is 1.96. The minimum absolute atomic E-state index is 0.343. The van der Waals surface area contributed by atoms with Crippen molar-refractivity contribution >= 4 is 11.8 Å². The molecule has 3 heteroatoms. The maximum atomic E-state index is 8.59. The van der Waals surface area contributed by atoms with Crippen molar-refractivity contribution in [3.05, 3.63) is 0 Å². The third-order valence-corrected chi connectivity index (χ3v) is 2.78. The monoisotopic (exact) mass is 205 g/mol. The molecule has 0 aliphatic heterocycles. The van der Waals surface area contributed by atoms with E-state index in [1.807, 2.05) is 11.8 Å². The van der Waals surface area contributed by atoms with Crippen LogP contribution in [-0.2, 0) is 0 Å². The highest BCUT2D eigenvalue weighted by molar-refractivity contribution is 7.98. The van der Waals surface area contributed by atoms with Crippen LogP contribution < -0.4 is 0 Å². The lowest BCUT2D eigenvalue weighted by molar-refractivity contribution is 0.273. The van der Waals surface area contributed by atoms with Crippen molar-refractivity contribution in [2.24, 2.45) is 0 Å². The minimum Gasteiger partial charge on any atom is -0.396 e. The summed E-state index contributed by atoms with van der Waals surface area (Å²) in [6.07, 6.45) is 6.78. The zero-order valence-corrected chi connectivity index (χ0v) is 9.78. The molecule has 0 aromatic rings. The number of aliphatic hydroxyl groups excluding tert-OH is 1. The van der Waals surface area contributed by atoms with Gasteiger partial charge in [0.05, 0.1) is 0 Å². The molecule has 0 aromatic heterocycles. The highest BCUT2D eigenvalue weighted by Crippen LogP contribution is 2.00. The Morgan fingerprint density at radius 3 is 2.38 bits per heavy atom. The second-order valence-electron chi connectivity index (χ2n) is 3.43. The summed E-state index contributed by atoms with van der Waals surface area (Å²) in [5, 5.41) is 8.59. The molecule has 0 heterocycles. The third kappa shape index (κ3) is 10.2. The first-order valence-corrected chi connectivity index (χ1v) is 6.49. The van der Waals surface area contributed by atoms with Crippen molar-refractivity contribution in [1.29, 1.82) is 0 Å². The van der Waals surface area contributed by atoms with Crippen LogP contribution in [0.15, 0.2) is 0 Å². The fraction of sp³-hybridized carbons (Fsp3) is 1.00. The number of hydrogen-bond acceptors (Lipinski definition) is 3. The molecule has 0 aliphatic rings. The molecule has 0 aromatic carbocycles. The Balaban J connectivity index is 3.05. The SMILES string of the molecule is CSCCCN(C)CCCCCO. The molecule has 80 valence electrons. The molecule has 0 spiro atoms. The van der Waals surface area contributed by atoms with E-state index in [9.17, 15) is 0 Å². The lowest BCUT2D eigenvalue weighted by atomic mass is 10.2. The van der Waals surface area contributed by atoms with Crippen molar-refractivity contribution < 1.29 is 5.11 Å². The second-order valence-corrected chi connectivity index (χ2v) is 4.42. The first-order valence-electron chi connectivity index (χ1n) is 5.09. The van der Waals surface area contributed by atoms with Gasteiger partial charge in [-0.1, -0.05) is 0 Å². The molecule has 13 heavy (non-hydrogen) atoms. The van der Waals surface area contributed by atoms with Gasteiger partial charge in [-0.3, -0.25) is 0 Å². The van der Waals surface area contributed by atoms with Crippen LogP contribution in [0.5, 0.6) is 0 Å². The van der Waals surface area contributed by atoms with Crippen LogP contribution in [-0.4, -0.2) is 48.8 Å². The molecule has 0 bridgehead atoms. The summed E-state index contributed by atoms with van der Waals surface area (Å²) in [5.74, 6) is 1.26. The molecule has 0 amide bonds. The van der Waals surface area contributed by atoms with Gasteiger partial charge in [0.15, 0.2) is 0 Å². The Bertz CT molecular complexity index is 101. The molecular weight excluding hydrogens is 182 g/mol. The number of aliphatic hydroxyl groups is 1. The fourth-order valence-corrected chi connectivity index (χ4v) is 1.68. The van der Waals surface area contributed by atoms with Crippen LogP contribution in [0.4, 0.5) is 0 Å². The molecule has 0 fully saturated rings. The lowest BCUT2D eigenvalue weighted by Gasteiger charge is -2.15. The largest absolute Gasteiger partial charge is 0.396 e. The van der Waals surface area contributed by atoms with Gasteiger partial charge in [0.2, 0.25) is 0 Å². The molecule has 2 nitrogen and oxygen atoms in total. The summed E-state index contributed by atoms with van der Waals surface area (Å²) < 4.78 is 0. The van der Waals surface area contributed by atoms with E-state index in [0.717, 1.165) is 12.8 Å². The van der Waals surface area contributed by atoms with Gasteiger partial charge in [-0.05, 0) is 57.8 Å². The Kier molecular flexibility index (Phi) is 10.6. The van der Waals surface area contributed by atoms with Crippen LogP contribution in [0.2, 0.25) is 0 Å². The molecule has 0 unspecified atom stereocenters. The summed E-state index contributed by atoms with van der Waals surface area (Å²) >= 11 is 1.92. The van der Waals surface area contributed by atoms with Crippen LogP contribution in [0.25, 0.3) is 0 Å². The number of rotatable bonds is 9. The van der Waals surface area contributed by atoms with Gasteiger partial charge >= 0.3 is 0 Å². The molecule has 0 saturated heterocycles. The first kappa shape index (κ1) is 13.3. The molecule has 0 rings (SSSR count). The Morgan fingerprint density at radius 2 is 1.77 bits per heavy atom. The van der Waals surface area contributed by atoms with E-state index in [1.54, 1.807) is 0 Å². The Hall–Kier alpha value is 0.270. The summed E-state index contributed by atoms with van der Waals surface area (Å²) in [7, 11) is 2.18. The van der Waals surface area contributed by atoms with Gasteiger partial charge in [0, 0.05) is 6.61 Å². The van der Waals surface area contributed by atoms with Crippen molar-refractivity contribution in [3.8, 4) is 0 Å². The van der Waals surface area contributed by atoms with E-state index in [4.69, 9.17) is 5.11 Å². The van der Waals surface area contributed by atoms with Crippen LogP contribution in [0, 0.1) is 0 Å². The Labute approximate surface area is 86.7 Å². The number of unbranched alkanes of at least 4 members (excludes halogenated alkanes) is 2. The first-order chi connectivity index (χ1) is 6.31. The van der Waals surface area contributed by atoms with Crippen LogP contribution >= 0.6 is 11.8 Å². The average molecular weight is 205 g/mol. The zero-order valence-electron chi connectivity index (χ0n) is 8.96. The number of thioether (sulfide) groups is 1. The predicted octanol–water partition coefficient (Wildman–Crippen LogP) is 1.83. The van der Waals surface area contributed by atoms with Crippen LogP contribution in [0.3, 0.4) is 0 Å². The highest BCUT2D eigenvalue weighted by atomic mass is 32.2. The second kappa shape index (κ2) is 10.4. The summed E-state index contributed by atoms with van der Waals surface area (Å²) in [4.78, 5) is 2.38. The molecule has 0 aliphatic carbocycles. The maximum absolute atomic E-state index is 8.59. The summed E-state index contributed by atoms with van der Waals surface area (Å²) in [5.41, 5.74) is 0. The molecular formula is C10H23NOS. The molecule has 0 atom stereocenters. The number of nitrogens with zero attached hydrogens (tertiary/aromatic N) is 1. The molecule has 1 N–H and O–H groups in total. The topological polar surface area (TPSA) is 23.5 Å². The van der Waals surface area contributed by atoms with Gasteiger partial charge in [0.1, 0.15) is 0 Å². The summed E-state index contributed by atoms with van der Waals surface area (Å²) in [6.45, 7) is 2.73. The zero-order chi connectivity index (χ0) is 9.94.